The van der Waals surface area contributed by atoms with Crippen LogP contribution in [0.5, 0.6) is 11.5 Å². The van der Waals surface area contributed by atoms with Gasteiger partial charge in [-0.05, 0) is 43.5 Å². The van der Waals surface area contributed by atoms with Crippen molar-refractivity contribution in [1.82, 2.24) is 4.68 Å². The zero-order chi connectivity index (χ0) is 16.2. The quantitative estimate of drug-likeness (QED) is 0.668. The van der Waals surface area contributed by atoms with Crippen LogP contribution in [0, 0.1) is 6.92 Å². The summed E-state index contributed by atoms with van der Waals surface area (Å²) in [4.78, 5) is 5.77. The summed E-state index contributed by atoms with van der Waals surface area (Å²) in [6.45, 7) is 2.00. The van der Waals surface area contributed by atoms with E-state index in [1.54, 1.807) is 23.6 Å². The summed E-state index contributed by atoms with van der Waals surface area (Å²) in [5.41, 5.74) is 1.76. The van der Waals surface area contributed by atoms with Crippen molar-refractivity contribution in [2.45, 2.75) is 45.1 Å². The molecule has 0 unspecified atom stereocenters. The van der Waals surface area contributed by atoms with Gasteiger partial charge in [-0.1, -0.05) is 19.3 Å². The second kappa shape index (κ2) is 7.00. The molecule has 0 radical (unpaired) electrons. The van der Waals surface area contributed by atoms with Gasteiger partial charge in [0.1, 0.15) is 0 Å². The van der Waals surface area contributed by atoms with E-state index in [2.05, 4.69) is 5.10 Å². The molecule has 122 valence electrons. The maximum absolute atomic E-state index is 9.55. The molecule has 1 saturated carbocycles. The van der Waals surface area contributed by atoms with Gasteiger partial charge in [-0.25, -0.2) is 4.68 Å². The number of rotatable bonds is 3. The van der Waals surface area contributed by atoms with Gasteiger partial charge in [0, 0.05) is 5.38 Å². The number of nitrogens with zero attached hydrogens (tertiary/aromatic N) is 3. The standard InChI is InChI=1S/C17H21N3O2S/c1-12-11-23-17(19-14-5-3-2-4-6-14)20(12)18-10-13-7-8-15(21)16(22)9-13/h7-11,14,21-22H,2-6H2,1H3/b18-10+,19-17?. The molecule has 1 aromatic heterocycles. The van der Waals surface area contributed by atoms with E-state index in [-0.39, 0.29) is 11.5 Å². The average Bonchev–Trinajstić information content (AvgIpc) is 2.90. The number of thiazole rings is 1. The molecule has 0 bridgehead atoms. The summed E-state index contributed by atoms with van der Waals surface area (Å²) in [7, 11) is 0. The minimum Gasteiger partial charge on any atom is -0.504 e. The normalized spacial score (nSPS) is 17.2. The van der Waals surface area contributed by atoms with Crippen LogP contribution in [0.25, 0.3) is 0 Å². The van der Waals surface area contributed by atoms with Gasteiger partial charge >= 0.3 is 0 Å². The Hall–Kier alpha value is -2.08. The first-order valence-corrected chi connectivity index (χ1v) is 8.79. The first-order chi connectivity index (χ1) is 11.1. The molecule has 5 nitrogen and oxygen atoms in total. The summed E-state index contributed by atoms with van der Waals surface area (Å²) < 4.78 is 1.84. The van der Waals surface area contributed by atoms with Crippen LogP contribution in [0.1, 0.15) is 43.4 Å². The van der Waals surface area contributed by atoms with Gasteiger partial charge in [-0.2, -0.15) is 5.10 Å². The molecule has 1 heterocycles. The smallest absolute Gasteiger partial charge is 0.206 e. The molecule has 2 aromatic rings. The number of phenolic OH excluding ortho intramolecular Hbond substituents is 2. The number of aromatic hydroxyl groups is 2. The molecule has 0 atom stereocenters. The van der Waals surface area contributed by atoms with Gasteiger partial charge in [0.15, 0.2) is 11.5 Å². The van der Waals surface area contributed by atoms with Gasteiger partial charge in [0.25, 0.3) is 0 Å². The highest BCUT2D eigenvalue weighted by molar-refractivity contribution is 7.07. The summed E-state index contributed by atoms with van der Waals surface area (Å²) in [5, 5.41) is 25.4. The summed E-state index contributed by atoms with van der Waals surface area (Å²) in [6.07, 6.45) is 7.82. The Kier molecular flexibility index (Phi) is 4.81. The van der Waals surface area contributed by atoms with E-state index >= 15 is 0 Å². The molecule has 6 heteroatoms. The van der Waals surface area contributed by atoms with E-state index in [9.17, 15) is 10.2 Å². The fourth-order valence-electron chi connectivity index (χ4n) is 2.73. The summed E-state index contributed by atoms with van der Waals surface area (Å²) >= 11 is 1.60. The monoisotopic (exact) mass is 331 g/mol. The van der Waals surface area contributed by atoms with Crippen LogP contribution in [0.3, 0.4) is 0 Å². The highest BCUT2D eigenvalue weighted by atomic mass is 32.1. The van der Waals surface area contributed by atoms with E-state index in [0.717, 1.165) is 28.9 Å². The van der Waals surface area contributed by atoms with E-state index in [1.165, 1.54) is 31.4 Å². The van der Waals surface area contributed by atoms with Crippen LogP contribution in [0.15, 0.2) is 33.7 Å². The number of phenols is 2. The van der Waals surface area contributed by atoms with E-state index in [4.69, 9.17) is 4.99 Å². The topological polar surface area (TPSA) is 70.1 Å². The van der Waals surface area contributed by atoms with Crippen LogP contribution in [0.2, 0.25) is 0 Å². The first kappa shape index (κ1) is 15.8. The van der Waals surface area contributed by atoms with Crippen molar-refractivity contribution in [3.63, 3.8) is 0 Å². The Morgan fingerprint density at radius 3 is 2.70 bits per heavy atom. The van der Waals surface area contributed by atoms with Crippen LogP contribution < -0.4 is 4.80 Å². The molecule has 1 aromatic carbocycles. The molecule has 0 amide bonds. The lowest BCUT2D eigenvalue weighted by molar-refractivity contribution is 0.403. The van der Waals surface area contributed by atoms with Crippen molar-refractivity contribution < 1.29 is 10.2 Å². The van der Waals surface area contributed by atoms with Gasteiger partial charge < -0.3 is 10.2 Å². The molecule has 0 aliphatic heterocycles. The third-order valence-corrected chi connectivity index (χ3v) is 4.99. The number of aromatic nitrogens is 1. The lowest BCUT2D eigenvalue weighted by atomic mass is 9.96. The van der Waals surface area contributed by atoms with Crippen LogP contribution in [-0.2, 0) is 0 Å². The average molecular weight is 331 g/mol. The molecule has 23 heavy (non-hydrogen) atoms. The molecule has 3 rings (SSSR count). The number of hydrogen-bond acceptors (Lipinski definition) is 5. The Morgan fingerprint density at radius 2 is 1.96 bits per heavy atom. The zero-order valence-electron chi connectivity index (χ0n) is 13.1. The third kappa shape index (κ3) is 3.82. The Bertz CT molecular complexity index is 770. The lowest BCUT2D eigenvalue weighted by Crippen LogP contribution is -2.19. The maximum atomic E-state index is 9.55. The Morgan fingerprint density at radius 1 is 1.17 bits per heavy atom. The molecule has 0 spiro atoms. The first-order valence-electron chi connectivity index (χ1n) is 7.91. The van der Waals surface area contributed by atoms with E-state index in [1.807, 2.05) is 17.0 Å². The lowest BCUT2D eigenvalue weighted by Gasteiger charge is -2.16. The molecular formula is C17H21N3O2S. The van der Waals surface area contributed by atoms with Crippen molar-refractivity contribution in [2.24, 2.45) is 10.1 Å². The maximum Gasteiger partial charge on any atom is 0.206 e. The summed E-state index contributed by atoms with van der Waals surface area (Å²) in [5.74, 6) is -0.275. The highest BCUT2D eigenvalue weighted by Crippen LogP contribution is 2.24. The van der Waals surface area contributed by atoms with E-state index < -0.39 is 0 Å². The second-order valence-electron chi connectivity index (χ2n) is 5.89. The predicted octanol–water partition coefficient (Wildman–Crippen LogP) is 3.38. The largest absolute Gasteiger partial charge is 0.504 e. The van der Waals surface area contributed by atoms with Gasteiger partial charge in [-0.3, -0.25) is 4.99 Å². The molecule has 1 fully saturated rings. The Labute approximate surface area is 139 Å². The number of benzene rings is 1. The van der Waals surface area contributed by atoms with E-state index in [0.29, 0.717) is 6.04 Å². The van der Waals surface area contributed by atoms with Gasteiger partial charge in [0.05, 0.1) is 18.0 Å². The minimum absolute atomic E-state index is 0.130. The molecule has 1 aliphatic carbocycles. The van der Waals surface area contributed by atoms with Crippen molar-refractivity contribution in [3.8, 4) is 11.5 Å². The predicted molar refractivity (Wildman–Crippen MR) is 92.2 cm³/mol. The van der Waals surface area contributed by atoms with Gasteiger partial charge in [-0.15, -0.1) is 11.3 Å². The third-order valence-electron chi connectivity index (χ3n) is 4.04. The zero-order valence-corrected chi connectivity index (χ0v) is 14.0. The molecular weight excluding hydrogens is 310 g/mol. The van der Waals surface area contributed by atoms with Crippen LogP contribution >= 0.6 is 11.3 Å². The number of aryl methyl sites for hydroxylation is 1. The molecule has 2 N–H and O–H groups in total. The highest BCUT2D eigenvalue weighted by Gasteiger charge is 2.12. The van der Waals surface area contributed by atoms with Crippen LogP contribution in [-0.4, -0.2) is 27.1 Å². The Balaban J connectivity index is 1.87. The van der Waals surface area contributed by atoms with Crippen molar-refractivity contribution in [3.05, 3.63) is 39.6 Å². The fourth-order valence-corrected chi connectivity index (χ4v) is 3.60. The van der Waals surface area contributed by atoms with Crippen molar-refractivity contribution in [2.75, 3.05) is 0 Å². The minimum atomic E-state index is -0.145. The summed E-state index contributed by atoms with van der Waals surface area (Å²) in [6, 6.07) is 5.05. The molecule has 0 saturated heterocycles. The van der Waals surface area contributed by atoms with Crippen molar-refractivity contribution in [1.29, 1.82) is 0 Å². The van der Waals surface area contributed by atoms with Crippen molar-refractivity contribution >= 4 is 17.6 Å². The molecule has 1 aliphatic rings. The second-order valence-corrected chi connectivity index (χ2v) is 6.72. The SMILES string of the molecule is Cc1csc(=NC2CCCCC2)n1/N=C/c1ccc(O)c(O)c1. The number of hydrogen-bond donors (Lipinski definition) is 2. The van der Waals surface area contributed by atoms with Gasteiger partial charge in [0.2, 0.25) is 4.80 Å². The van der Waals surface area contributed by atoms with Crippen LogP contribution in [0.4, 0.5) is 0 Å². The fraction of sp³-hybridized carbons (Fsp3) is 0.412.